The Balaban J connectivity index is 1.97. The molecular formula is C26H28N4O9. The van der Waals surface area contributed by atoms with E-state index in [4.69, 9.17) is 4.74 Å². The third kappa shape index (κ3) is 6.76. The number of benzene rings is 2. The Bertz CT molecular complexity index is 1300. The molecule has 3 rings (SSSR count). The Labute approximate surface area is 223 Å². The number of nitrogens with one attached hydrogen (secondary N) is 2. The molecule has 0 aromatic heterocycles. The van der Waals surface area contributed by atoms with Crippen LogP contribution in [-0.2, 0) is 24.0 Å². The maximum atomic E-state index is 13.7. The van der Waals surface area contributed by atoms with Crippen molar-refractivity contribution < 1.29 is 43.7 Å². The van der Waals surface area contributed by atoms with Gasteiger partial charge in [0, 0.05) is 12.0 Å². The van der Waals surface area contributed by atoms with E-state index in [0.717, 1.165) is 9.80 Å². The van der Waals surface area contributed by atoms with Crippen molar-refractivity contribution in [3.05, 3.63) is 48.0 Å². The van der Waals surface area contributed by atoms with E-state index in [0.29, 0.717) is 6.29 Å². The van der Waals surface area contributed by atoms with Gasteiger partial charge >= 0.3 is 0 Å². The number of phenols is 1. The summed E-state index contributed by atoms with van der Waals surface area (Å²) in [6.45, 7) is -0.583. The number of rotatable bonds is 10. The molecule has 0 spiro atoms. The second-order valence-electron chi connectivity index (χ2n) is 8.70. The van der Waals surface area contributed by atoms with Crippen LogP contribution in [0.1, 0.15) is 23.7 Å². The molecule has 1 aliphatic heterocycles. The van der Waals surface area contributed by atoms with Crippen molar-refractivity contribution in [3.63, 3.8) is 0 Å². The molecule has 0 unspecified atom stereocenters. The van der Waals surface area contributed by atoms with Gasteiger partial charge in [0.15, 0.2) is 11.5 Å². The summed E-state index contributed by atoms with van der Waals surface area (Å²) in [4.78, 5) is 77.2. The van der Waals surface area contributed by atoms with Crippen molar-refractivity contribution >= 4 is 47.1 Å². The van der Waals surface area contributed by atoms with Gasteiger partial charge in [-0.1, -0.05) is 12.1 Å². The van der Waals surface area contributed by atoms with Gasteiger partial charge in [-0.3, -0.25) is 28.9 Å². The number of aromatic hydroxyl groups is 1. The summed E-state index contributed by atoms with van der Waals surface area (Å²) in [6, 6.07) is 7.50. The van der Waals surface area contributed by atoms with Gasteiger partial charge in [0.2, 0.25) is 5.91 Å². The predicted octanol–water partition coefficient (Wildman–Crippen LogP) is -0.466. The van der Waals surface area contributed by atoms with Crippen molar-refractivity contribution in [2.75, 3.05) is 36.6 Å². The minimum atomic E-state index is -1.37. The SMILES string of the molecule is COc1cc(C(=O)N[C@H]2CN(C(=O)CO)c3ccccc3N(CC(=O)N[C@H](C=O)CC(C)=O)C2=O)ccc1O. The number of anilines is 2. The Morgan fingerprint density at radius 2 is 1.85 bits per heavy atom. The number of ether oxygens (including phenoxy) is 1. The van der Waals surface area contributed by atoms with Crippen LogP contribution in [0.25, 0.3) is 0 Å². The normalized spacial score (nSPS) is 15.5. The van der Waals surface area contributed by atoms with Gasteiger partial charge in [0.1, 0.15) is 31.3 Å². The Morgan fingerprint density at radius 3 is 2.46 bits per heavy atom. The summed E-state index contributed by atoms with van der Waals surface area (Å²) in [5, 5.41) is 24.3. The van der Waals surface area contributed by atoms with Crippen LogP contribution in [0, 0.1) is 0 Å². The lowest BCUT2D eigenvalue weighted by Gasteiger charge is -2.25. The molecule has 2 aromatic rings. The smallest absolute Gasteiger partial charge is 0.252 e. The minimum Gasteiger partial charge on any atom is -0.504 e. The molecule has 206 valence electrons. The molecule has 2 atom stereocenters. The summed E-state index contributed by atoms with van der Waals surface area (Å²) in [5.41, 5.74) is 0.398. The third-order valence-corrected chi connectivity index (χ3v) is 5.90. The maximum Gasteiger partial charge on any atom is 0.252 e. The van der Waals surface area contributed by atoms with Gasteiger partial charge in [-0.15, -0.1) is 0 Å². The van der Waals surface area contributed by atoms with Crippen LogP contribution in [0.5, 0.6) is 11.5 Å². The minimum absolute atomic E-state index is 0.0212. The molecule has 0 saturated heterocycles. The van der Waals surface area contributed by atoms with E-state index in [1.807, 2.05) is 0 Å². The number of aliphatic hydroxyl groups excluding tert-OH is 1. The summed E-state index contributed by atoms with van der Waals surface area (Å²) in [6.07, 6.45) is 0.182. The second kappa shape index (κ2) is 12.6. The number of carbonyl (C=O) groups excluding carboxylic acids is 6. The second-order valence-corrected chi connectivity index (χ2v) is 8.70. The number of methoxy groups -OCH3 is 1. The van der Waals surface area contributed by atoms with Crippen molar-refractivity contribution in [1.29, 1.82) is 0 Å². The number of aliphatic hydroxyl groups is 1. The number of phenolic OH excluding ortho intramolecular Hbond substituents is 1. The van der Waals surface area contributed by atoms with Crippen LogP contribution >= 0.6 is 0 Å². The van der Waals surface area contributed by atoms with Crippen molar-refractivity contribution in [2.45, 2.75) is 25.4 Å². The van der Waals surface area contributed by atoms with Crippen LogP contribution in [0.3, 0.4) is 0 Å². The number of hydrogen-bond donors (Lipinski definition) is 4. The zero-order valence-electron chi connectivity index (χ0n) is 21.2. The fourth-order valence-electron chi connectivity index (χ4n) is 4.08. The van der Waals surface area contributed by atoms with Gasteiger partial charge in [0.05, 0.1) is 31.1 Å². The van der Waals surface area contributed by atoms with Crippen molar-refractivity contribution in [2.24, 2.45) is 0 Å². The first kappa shape index (κ1) is 28.8. The first-order chi connectivity index (χ1) is 18.6. The van der Waals surface area contributed by atoms with Gasteiger partial charge in [-0.25, -0.2) is 0 Å². The topological polar surface area (TPSA) is 183 Å². The number of para-hydroxylation sites is 2. The number of ketones is 1. The fraction of sp³-hybridized carbons (Fsp3) is 0.308. The van der Waals surface area contributed by atoms with E-state index in [1.54, 1.807) is 12.1 Å². The third-order valence-electron chi connectivity index (χ3n) is 5.90. The highest BCUT2D eigenvalue weighted by molar-refractivity contribution is 6.11. The van der Waals surface area contributed by atoms with E-state index in [-0.39, 0.29) is 47.2 Å². The molecule has 0 fully saturated rings. The zero-order chi connectivity index (χ0) is 28.7. The first-order valence-electron chi connectivity index (χ1n) is 11.8. The lowest BCUT2D eigenvalue weighted by Crippen LogP contribution is -2.55. The Morgan fingerprint density at radius 1 is 1.15 bits per heavy atom. The molecule has 0 bridgehead atoms. The van der Waals surface area contributed by atoms with E-state index in [2.05, 4.69) is 10.6 Å². The quantitative estimate of drug-likeness (QED) is 0.290. The number of aldehydes is 1. The number of hydrogen-bond acceptors (Lipinski definition) is 9. The molecule has 0 aliphatic carbocycles. The fourth-order valence-corrected chi connectivity index (χ4v) is 4.08. The predicted molar refractivity (Wildman–Crippen MR) is 137 cm³/mol. The standard InChI is InChI=1S/C26H28N4O9/c1-15(33)9-17(13-31)27-23(35)12-30-20-6-4-3-5-19(20)29(24(36)14-32)11-18(26(30)38)28-25(37)16-7-8-21(34)22(10-16)39-2/h3-8,10,13,17-18,32,34H,9,11-12,14H2,1-2H3,(H,27,35)(H,28,37)/t17-,18-/m0/s1. The maximum absolute atomic E-state index is 13.7. The molecule has 2 aromatic carbocycles. The van der Waals surface area contributed by atoms with Crippen LogP contribution in [0.15, 0.2) is 42.5 Å². The van der Waals surface area contributed by atoms with Gasteiger partial charge in [0.25, 0.3) is 17.7 Å². The lowest BCUT2D eigenvalue weighted by atomic mass is 10.1. The van der Waals surface area contributed by atoms with E-state index >= 15 is 0 Å². The molecule has 39 heavy (non-hydrogen) atoms. The molecule has 13 heteroatoms. The highest BCUT2D eigenvalue weighted by atomic mass is 16.5. The van der Waals surface area contributed by atoms with Crippen LogP contribution in [0.4, 0.5) is 11.4 Å². The van der Waals surface area contributed by atoms with Gasteiger partial charge in [-0.05, 0) is 37.3 Å². The molecule has 0 radical (unpaired) electrons. The van der Waals surface area contributed by atoms with Crippen LogP contribution in [0.2, 0.25) is 0 Å². The van der Waals surface area contributed by atoms with Gasteiger partial charge in [-0.2, -0.15) is 0 Å². The average Bonchev–Trinajstić information content (AvgIpc) is 3.02. The number of nitrogens with zero attached hydrogens (tertiary/aromatic N) is 2. The molecular weight excluding hydrogens is 512 g/mol. The molecule has 1 heterocycles. The molecule has 4 amide bonds. The molecule has 1 aliphatic rings. The molecule has 4 N–H and O–H groups in total. The number of amides is 4. The first-order valence-corrected chi connectivity index (χ1v) is 11.8. The van der Waals surface area contributed by atoms with Crippen molar-refractivity contribution in [1.82, 2.24) is 10.6 Å². The summed E-state index contributed by atoms with van der Waals surface area (Å²) >= 11 is 0. The van der Waals surface area contributed by atoms with Crippen LogP contribution < -0.4 is 25.2 Å². The molecule has 0 saturated carbocycles. The number of Topliss-reactive ketones (excluding diaryl/α,β-unsaturated/α-hetero) is 1. The van der Waals surface area contributed by atoms with E-state index in [1.165, 1.54) is 44.4 Å². The number of carbonyl (C=O) groups is 6. The highest BCUT2D eigenvalue weighted by Crippen LogP contribution is 2.33. The summed E-state index contributed by atoms with van der Waals surface area (Å²) in [5.74, 6) is -3.50. The van der Waals surface area contributed by atoms with Crippen molar-refractivity contribution in [3.8, 4) is 11.5 Å². The average molecular weight is 541 g/mol. The lowest BCUT2D eigenvalue weighted by molar-refractivity contribution is -0.127. The Hall–Kier alpha value is -4.78. The summed E-state index contributed by atoms with van der Waals surface area (Å²) < 4.78 is 5.02. The zero-order valence-corrected chi connectivity index (χ0v) is 21.2. The van der Waals surface area contributed by atoms with Gasteiger partial charge < -0.3 is 35.3 Å². The van der Waals surface area contributed by atoms with E-state index in [9.17, 15) is 39.0 Å². The monoisotopic (exact) mass is 540 g/mol. The van der Waals surface area contributed by atoms with Crippen LogP contribution in [-0.4, -0.2) is 84.8 Å². The number of fused-ring (bicyclic) bond motifs is 1. The summed E-state index contributed by atoms with van der Waals surface area (Å²) in [7, 11) is 1.30. The molecule has 13 nitrogen and oxygen atoms in total. The Kier molecular flexibility index (Phi) is 9.33. The highest BCUT2D eigenvalue weighted by Gasteiger charge is 2.37. The van der Waals surface area contributed by atoms with E-state index < -0.39 is 48.9 Å². The largest absolute Gasteiger partial charge is 0.504 e.